The van der Waals surface area contributed by atoms with Crippen LogP contribution in [-0.2, 0) is 0 Å². The number of fused-ring (bicyclic) bond motifs is 3. The molecule has 3 heterocycles. The number of nitrogens with one attached hydrogen (secondary N) is 1. The van der Waals surface area contributed by atoms with E-state index in [9.17, 15) is 9.90 Å². The maximum Gasteiger partial charge on any atom is 0.251 e. The zero-order valence-electron chi connectivity index (χ0n) is 14.0. The second-order valence-electron chi connectivity index (χ2n) is 6.84. The Balaban J connectivity index is 1.38. The summed E-state index contributed by atoms with van der Waals surface area (Å²) in [7, 11) is 0. The quantitative estimate of drug-likeness (QED) is 0.884. The fourth-order valence-electron chi connectivity index (χ4n) is 3.70. The van der Waals surface area contributed by atoms with E-state index >= 15 is 0 Å². The lowest BCUT2D eigenvalue weighted by atomic mass is 9.84. The average molecular weight is 354 g/mol. The van der Waals surface area contributed by atoms with Gasteiger partial charge in [-0.2, -0.15) is 0 Å². The summed E-state index contributed by atoms with van der Waals surface area (Å²) < 4.78 is 0. The van der Waals surface area contributed by atoms with Crippen molar-refractivity contribution in [2.75, 3.05) is 19.6 Å². The van der Waals surface area contributed by atoms with E-state index in [0.717, 1.165) is 16.3 Å². The van der Waals surface area contributed by atoms with Gasteiger partial charge < -0.3 is 15.3 Å². The zero-order chi connectivity index (χ0) is 17.2. The first kappa shape index (κ1) is 16.5. The first-order valence-electron chi connectivity index (χ1n) is 8.77. The molecule has 3 fully saturated rings. The molecule has 3 aliphatic rings. The van der Waals surface area contributed by atoms with Gasteiger partial charge in [-0.05, 0) is 80.4 Å². The molecule has 0 radical (unpaired) electrons. The number of rotatable bonds is 4. The summed E-state index contributed by atoms with van der Waals surface area (Å²) in [5, 5.41) is 12.6. The molecule has 2 N–H and O–H groups in total. The van der Waals surface area contributed by atoms with E-state index in [4.69, 9.17) is 0 Å². The maximum atomic E-state index is 12.5. The molecule has 3 saturated heterocycles. The molecule has 5 heteroatoms. The van der Waals surface area contributed by atoms with Gasteiger partial charge in [0.2, 0.25) is 0 Å². The van der Waals surface area contributed by atoms with Crippen molar-refractivity contribution in [3.63, 3.8) is 0 Å². The number of benzene rings is 2. The van der Waals surface area contributed by atoms with Gasteiger partial charge in [-0.15, -0.1) is 0 Å². The first-order chi connectivity index (χ1) is 12.2. The summed E-state index contributed by atoms with van der Waals surface area (Å²) in [4.78, 5) is 17.1. The Labute approximate surface area is 152 Å². The van der Waals surface area contributed by atoms with Crippen molar-refractivity contribution in [1.82, 2.24) is 10.2 Å². The summed E-state index contributed by atoms with van der Waals surface area (Å²) in [5.74, 6) is 0.933. The average Bonchev–Trinajstić information content (AvgIpc) is 2.65. The molecular formula is C20H22N2O2S. The largest absolute Gasteiger partial charge is 0.508 e. The van der Waals surface area contributed by atoms with Crippen LogP contribution in [0, 0.1) is 5.92 Å². The van der Waals surface area contributed by atoms with E-state index in [1.165, 1.54) is 25.9 Å². The van der Waals surface area contributed by atoms with E-state index in [1.807, 2.05) is 36.4 Å². The van der Waals surface area contributed by atoms with Crippen molar-refractivity contribution >= 4 is 17.7 Å². The van der Waals surface area contributed by atoms with Crippen LogP contribution in [-0.4, -0.2) is 41.6 Å². The fraction of sp³-hybridized carbons (Fsp3) is 0.350. The summed E-state index contributed by atoms with van der Waals surface area (Å²) >= 11 is 1.61. The first-order valence-corrected chi connectivity index (χ1v) is 9.59. The Hall–Kier alpha value is -1.98. The van der Waals surface area contributed by atoms with Crippen molar-refractivity contribution in [2.24, 2.45) is 5.92 Å². The normalized spacial score (nSPS) is 24.9. The number of piperidine rings is 3. The lowest BCUT2D eigenvalue weighted by Crippen LogP contribution is -2.57. The van der Waals surface area contributed by atoms with Crippen LogP contribution in [0.2, 0.25) is 0 Å². The van der Waals surface area contributed by atoms with Crippen LogP contribution in [0.4, 0.5) is 0 Å². The molecule has 1 atom stereocenters. The summed E-state index contributed by atoms with van der Waals surface area (Å²) in [6.45, 7) is 3.35. The Morgan fingerprint density at radius 1 is 1.00 bits per heavy atom. The molecule has 2 aromatic carbocycles. The number of hydrogen-bond donors (Lipinski definition) is 2. The van der Waals surface area contributed by atoms with Crippen LogP contribution in [0.5, 0.6) is 5.75 Å². The van der Waals surface area contributed by atoms with Crippen molar-refractivity contribution in [2.45, 2.75) is 28.7 Å². The minimum atomic E-state index is 0.0277. The van der Waals surface area contributed by atoms with Gasteiger partial charge in [0.25, 0.3) is 5.91 Å². The van der Waals surface area contributed by atoms with Gasteiger partial charge in [-0.25, -0.2) is 0 Å². The van der Waals surface area contributed by atoms with E-state index in [-0.39, 0.29) is 11.7 Å². The molecule has 5 rings (SSSR count). The van der Waals surface area contributed by atoms with Crippen molar-refractivity contribution < 1.29 is 9.90 Å². The molecule has 0 aliphatic carbocycles. The minimum Gasteiger partial charge on any atom is -0.508 e. The Morgan fingerprint density at radius 3 is 2.16 bits per heavy atom. The number of amides is 1. The van der Waals surface area contributed by atoms with Crippen molar-refractivity contribution in [3.05, 3.63) is 54.1 Å². The number of carbonyl (C=O) groups excluding carboxylic acids is 1. The highest BCUT2D eigenvalue weighted by Crippen LogP contribution is 2.30. The lowest BCUT2D eigenvalue weighted by Gasteiger charge is -2.44. The third kappa shape index (κ3) is 3.83. The Morgan fingerprint density at radius 2 is 1.60 bits per heavy atom. The van der Waals surface area contributed by atoms with Crippen LogP contribution in [0.25, 0.3) is 0 Å². The van der Waals surface area contributed by atoms with Gasteiger partial charge in [0.15, 0.2) is 0 Å². The van der Waals surface area contributed by atoms with Gasteiger partial charge in [-0.1, -0.05) is 11.8 Å². The molecule has 1 amide bonds. The van der Waals surface area contributed by atoms with Crippen LogP contribution >= 0.6 is 11.8 Å². The highest BCUT2D eigenvalue weighted by atomic mass is 32.2. The van der Waals surface area contributed by atoms with Crippen molar-refractivity contribution in [1.29, 1.82) is 0 Å². The van der Waals surface area contributed by atoms with E-state index < -0.39 is 0 Å². The molecule has 0 aromatic heterocycles. The standard InChI is InChI=1S/C20H22N2O2S/c23-16-3-7-18(8-4-16)25-17-5-1-15(2-6-17)20(24)21-19-13-22-11-9-14(19)10-12-22/h1-8,14,19,23H,9-13H2,(H,21,24). The number of phenolic OH excluding ortho intramolecular Hbond substituents is 1. The highest BCUT2D eigenvalue weighted by Gasteiger charge is 2.34. The van der Waals surface area contributed by atoms with Crippen LogP contribution in [0.1, 0.15) is 23.2 Å². The molecule has 1 unspecified atom stereocenters. The summed E-state index contributed by atoms with van der Waals surface area (Å²) in [6.07, 6.45) is 2.40. The van der Waals surface area contributed by atoms with E-state index in [1.54, 1.807) is 23.9 Å². The molecule has 2 aromatic rings. The number of hydrogen-bond acceptors (Lipinski definition) is 4. The summed E-state index contributed by atoms with van der Waals surface area (Å²) in [6, 6.07) is 15.1. The van der Waals surface area contributed by atoms with Gasteiger partial charge in [0, 0.05) is 27.9 Å². The van der Waals surface area contributed by atoms with E-state index in [2.05, 4.69) is 10.2 Å². The minimum absolute atomic E-state index is 0.0277. The number of phenols is 1. The maximum absolute atomic E-state index is 12.5. The van der Waals surface area contributed by atoms with Gasteiger partial charge in [-0.3, -0.25) is 4.79 Å². The number of nitrogens with zero attached hydrogens (tertiary/aromatic N) is 1. The fourth-order valence-corrected chi connectivity index (χ4v) is 4.52. The van der Waals surface area contributed by atoms with Gasteiger partial charge >= 0.3 is 0 Å². The molecule has 0 spiro atoms. The lowest BCUT2D eigenvalue weighted by molar-refractivity contribution is 0.0620. The highest BCUT2D eigenvalue weighted by molar-refractivity contribution is 7.99. The third-order valence-electron chi connectivity index (χ3n) is 5.16. The van der Waals surface area contributed by atoms with Gasteiger partial charge in [0.05, 0.1) is 0 Å². The van der Waals surface area contributed by atoms with Crippen molar-refractivity contribution in [3.8, 4) is 5.75 Å². The monoisotopic (exact) mass is 354 g/mol. The molecule has 2 bridgehead atoms. The van der Waals surface area contributed by atoms with Crippen LogP contribution in [0.15, 0.2) is 58.3 Å². The third-order valence-corrected chi connectivity index (χ3v) is 6.18. The molecule has 25 heavy (non-hydrogen) atoms. The van der Waals surface area contributed by atoms with E-state index in [0.29, 0.717) is 17.5 Å². The topological polar surface area (TPSA) is 52.6 Å². The SMILES string of the molecule is O=C(NC1CN2CCC1CC2)c1ccc(Sc2ccc(O)cc2)cc1. The predicted molar refractivity (Wildman–Crippen MR) is 99.1 cm³/mol. The number of aromatic hydroxyl groups is 1. The zero-order valence-corrected chi connectivity index (χ0v) is 14.8. The van der Waals surface area contributed by atoms with Crippen LogP contribution in [0.3, 0.4) is 0 Å². The Kier molecular flexibility index (Phi) is 4.68. The second kappa shape index (κ2) is 7.10. The van der Waals surface area contributed by atoms with Crippen LogP contribution < -0.4 is 5.32 Å². The Bertz CT molecular complexity index is 737. The summed E-state index contributed by atoms with van der Waals surface area (Å²) in [5.41, 5.74) is 0.714. The molecular weight excluding hydrogens is 332 g/mol. The predicted octanol–water partition coefficient (Wildman–Crippen LogP) is 3.37. The number of carbonyl (C=O) groups is 1. The smallest absolute Gasteiger partial charge is 0.251 e. The molecule has 4 nitrogen and oxygen atoms in total. The molecule has 130 valence electrons. The molecule has 0 saturated carbocycles. The van der Waals surface area contributed by atoms with Gasteiger partial charge in [0.1, 0.15) is 5.75 Å². The second-order valence-corrected chi connectivity index (χ2v) is 7.99. The molecule has 3 aliphatic heterocycles.